The molecule has 0 amide bonds. The number of pyridine rings is 1. The first-order valence-corrected chi connectivity index (χ1v) is 14.1. The highest BCUT2D eigenvalue weighted by Gasteiger charge is 2.29. The molecule has 10 heteroatoms. The molecular formula is C30H40FN5O4. The summed E-state index contributed by atoms with van der Waals surface area (Å²) in [7, 11) is 0. The number of aliphatic hydroxyl groups excluding tert-OH is 1. The van der Waals surface area contributed by atoms with Gasteiger partial charge in [0.1, 0.15) is 5.69 Å². The van der Waals surface area contributed by atoms with Gasteiger partial charge < -0.3 is 24.5 Å². The molecule has 2 saturated heterocycles. The van der Waals surface area contributed by atoms with Gasteiger partial charge in [-0.25, -0.2) is 14.4 Å². The zero-order chi connectivity index (χ0) is 28.7. The van der Waals surface area contributed by atoms with Crippen molar-refractivity contribution in [2.24, 2.45) is 0 Å². The van der Waals surface area contributed by atoms with Crippen molar-refractivity contribution in [2.75, 3.05) is 31.7 Å². The van der Waals surface area contributed by atoms with E-state index in [1.807, 2.05) is 26.0 Å². The summed E-state index contributed by atoms with van der Waals surface area (Å²) < 4.78 is 28.5. The number of anilines is 1. The lowest BCUT2D eigenvalue weighted by Crippen LogP contribution is -2.49. The fourth-order valence-electron chi connectivity index (χ4n) is 5.98. The van der Waals surface area contributed by atoms with Crippen LogP contribution in [0.15, 0.2) is 23.1 Å². The monoisotopic (exact) mass is 553 g/mol. The molecule has 0 spiro atoms. The first kappa shape index (κ1) is 28.6. The molecule has 2 aromatic heterocycles. The van der Waals surface area contributed by atoms with Gasteiger partial charge in [0.15, 0.2) is 11.2 Å². The summed E-state index contributed by atoms with van der Waals surface area (Å²) in [5.74, 6) is -0.315. The maximum atomic E-state index is 15.3. The molecule has 0 radical (unpaired) electrons. The van der Waals surface area contributed by atoms with Gasteiger partial charge in [-0.1, -0.05) is 0 Å². The number of nitrogens with zero attached hydrogens (tertiary/aromatic N) is 4. The Balaban J connectivity index is 1.63. The van der Waals surface area contributed by atoms with Crippen molar-refractivity contribution in [2.45, 2.75) is 84.8 Å². The molecule has 0 bridgehead atoms. The molecule has 4 heterocycles. The van der Waals surface area contributed by atoms with E-state index in [9.17, 15) is 9.90 Å². The van der Waals surface area contributed by atoms with Gasteiger partial charge in [0, 0.05) is 53.5 Å². The Morgan fingerprint density at radius 1 is 1.15 bits per heavy atom. The van der Waals surface area contributed by atoms with Crippen molar-refractivity contribution < 1.29 is 19.0 Å². The number of fused-ring (bicyclic) bond motifs is 1. The highest BCUT2D eigenvalue weighted by atomic mass is 19.1. The topological polar surface area (TPSA) is 102 Å². The molecule has 0 unspecified atom stereocenters. The third-order valence-corrected chi connectivity index (χ3v) is 8.25. The van der Waals surface area contributed by atoms with Gasteiger partial charge in [-0.05, 0) is 65.7 Å². The van der Waals surface area contributed by atoms with Gasteiger partial charge in [0.25, 0.3) is 0 Å². The molecule has 40 heavy (non-hydrogen) atoms. The lowest BCUT2D eigenvalue weighted by atomic mass is 9.98. The number of ether oxygens (including phenoxy) is 2. The molecule has 2 N–H and O–H groups in total. The summed E-state index contributed by atoms with van der Waals surface area (Å²) in [6.07, 6.45) is 1.04. The third-order valence-electron chi connectivity index (χ3n) is 8.25. The second-order valence-corrected chi connectivity index (χ2v) is 11.5. The van der Waals surface area contributed by atoms with Crippen LogP contribution in [0.5, 0.6) is 0 Å². The van der Waals surface area contributed by atoms with Gasteiger partial charge in [-0.15, -0.1) is 0 Å². The zero-order valence-electron chi connectivity index (χ0n) is 24.2. The van der Waals surface area contributed by atoms with Crippen LogP contribution in [0, 0.1) is 19.7 Å². The molecule has 3 aromatic rings. The Bertz CT molecular complexity index is 1450. The van der Waals surface area contributed by atoms with Crippen LogP contribution in [-0.2, 0) is 16.0 Å². The van der Waals surface area contributed by atoms with E-state index in [0.717, 1.165) is 28.5 Å². The molecular weight excluding hydrogens is 513 g/mol. The largest absolute Gasteiger partial charge is 0.389 e. The Morgan fingerprint density at radius 3 is 2.55 bits per heavy atom. The number of benzene rings is 1. The summed E-state index contributed by atoms with van der Waals surface area (Å²) in [6.45, 7) is 14.9. The van der Waals surface area contributed by atoms with Crippen molar-refractivity contribution >= 4 is 16.9 Å². The quantitative estimate of drug-likeness (QED) is 0.473. The highest BCUT2D eigenvalue weighted by Crippen LogP contribution is 2.32. The predicted octanol–water partition coefficient (Wildman–Crippen LogP) is 3.97. The van der Waals surface area contributed by atoms with E-state index in [4.69, 9.17) is 9.47 Å². The van der Waals surface area contributed by atoms with Gasteiger partial charge in [0.05, 0.1) is 43.7 Å². The zero-order valence-corrected chi connectivity index (χ0v) is 24.2. The lowest BCUT2D eigenvalue weighted by Gasteiger charge is -2.39. The molecule has 0 saturated carbocycles. The van der Waals surface area contributed by atoms with Crippen LogP contribution >= 0.6 is 0 Å². The summed E-state index contributed by atoms with van der Waals surface area (Å²) in [6, 6.07) is 3.95. The Kier molecular flexibility index (Phi) is 8.24. The van der Waals surface area contributed by atoms with Crippen LogP contribution in [0.1, 0.15) is 57.0 Å². The minimum atomic E-state index is -0.702. The maximum absolute atomic E-state index is 15.3. The normalized spacial score (nSPS) is 24.1. The van der Waals surface area contributed by atoms with E-state index in [-0.39, 0.29) is 47.8 Å². The average molecular weight is 554 g/mol. The lowest BCUT2D eigenvalue weighted by molar-refractivity contribution is -0.0420. The van der Waals surface area contributed by atoms with E-state index < -0.39 is 11.9 Å². The van der Waals surface area contributed by atoms with Crippen molar-refractivity contribution in [3.05, 3.63) is 51.2 Å². The number of hydrogen-bond acceptors (Lipinski definition) is 8. The molecule has 1 aromatic carbocycles. The van der Waals surface area contributed by atoms with E-state index >= 15 is 4.39 Å². The van der Waals surface area contributed by atoms with E-state index in [1.54, 1.807) is 0 Å². The van der Waals surface area contributed by atoms with Gasteiger partial charge in [-0.3, -0.25) is 9.69 Å². The second kappa shape index (κ2) is 11.5. The Hall–Kier alpha value is -2.92. The second-order valence-electron chi connectivity index (χ2n) is 11.5. The van der Waals surface area contributed by atoms with Crippen LogP contribution in [-0.4, -0.2) is 75.2 Å². The number of aromatic nitrogens is 3. The smallest absolute Gasteiger partial charge is 0.223 e. The average Bonchev–Trinajstić information content (AvgIpc) is 2.91. The van der Waals surface area contributed by atoms with Crippen molar-refractivity contribution in [3.8, 4) is 11.3 Å². The number of aryl methyl sites for hydroxylation is 1. The summed E-state index contributed by atoms with van der Waals surface area (Å²) in [5.41, 5.74) is 3.93. The summed E-state index contributed by atoms with van der Waals surface area (Å²) >= 11 is 0. The minimum absolute atomic E-state index is 0.0101. The fourth-order valence-corrected chi connectivity index (χ4v) is 5.98. The molecule has 2 aliphatic rings. The van der Waals surface area contributed by atoms with Crippen molar-refractivity contribution in [1.29, 1.82) is 0 Å². The summed E-state index contributed by atoms with van der Waals surface area (Å²) in [4.78, 5) is 24.7. The molecule has 4 atom stereocenters. The highest BCUT2D eigenvalue weighted by molar-refractivity contribution is 5.87. The number of morpholine rings is 1. The van der Waals surface area contributed by atoms with Crippen LogP contribution in [0.25, 0.3) is 22.2 Å². The van der Waals surface area contributed by atoms with Crippen LogP contribution < -0.4 is 10.7 Å². The third kappa shape index (κ3) is 5.37. The van der Waals surface area contributed by atoms with Crippen LogP contribution in [0.2, 0.25) is 0 Å². The van der Waals surface area contributed by atoms with Gasteiger partial charge in [-0.2, -0.15) is 0 Å². The van der Waals surface area contributed by atoms with Crippen LogP contribution in [0.4, 0.5) is 10.3 Å². The fraction of sp³-hybridized carbons (Fsp3) is 0.567. The number of nitrogens with one attached hydrogen (secondary N) is 1. The standard InChI is InChI=1S/C30H40FN5O4/c1-16(2)36-25-10-21(28-23(31)11-32-30(34-28)33-24-7-8-39-15-27(24)37)17(3)9-22(25)29(38)20(6)26(36)12-35-18(4)13-40-14-19(35)5/h9-11,16,18-19,24,27,37H,7-8,12-15H2,1-6H3,(H,32,33,34)/t18-,19-,24+,27+/m0/s1. The van der Waals surface area contributed by atoms with Crippen LogP contribution in [0.3, 0.4) is 0 Å². The summed E-state index contributed by atoms with van der Waals surface area (Å²) in [5, 5.41) is 14.0. The molecule has 2 fully saturated rings. The molecule has 9 nitrogen and oxygen atoms in total. The number of hydrogen-bond donors (Lipinski definition) is 2. The Labute approximate surface area is 234 Å². The number of halogens is 1. The minimum Gasteiger partial charge on any atom is -0.389 e. The number of rotatable bonds is 6. The first-order chi connectivity index (χ1) is 19.1. The molecule has 2 aliphatic heterocycles. The van der Waals surface area contributed by atoms with Gasteiger partial charge >= 0.3 is 0 Å². The first-order valence-electron chi connectivity index (χ1n) is 14.1. The molecule has 0 aliphatic carbocycles. The number of aliphatic hydroxyl groups is 1. The maximum Gasteiger partial charge on any atom is 0.223 e. The molecule has 5 rings (SSSR count). The Morgan fingerprint density at radius 2 is 1.88 bits per heavy atom. The van der Waals surface area contributed by atoms with Gasteiger partial charge in [0.2, 0.25) is 5.95 Å². The van der Waals surface area contributed by atoms with E-state index in [0.29, 0.717) is 43.7 Å². The van der Waals surface area contributed by atoms with E-state index in [2.05, 4.69) is 52.4 Å². The SMILES string of the molecule is Cc1cc2c(=O)c(C)c(CN3[C@@H](C)COC[C@@H]3C)n(C(C)C)c2cc1-c1nc(N[C@@H]2CCOC[C@H]2O)ncc1F. The van der Waals surface area contributed by atoms with Crippen molar-refractivity contribution in [3.63, 3.8) is 0 Å². The predicted molar refractivity (Wildman–Crippen MR) is 153 cm³/mol. The molecule has 216 valence electrons. The van der Waals surface area contributed by atoms with E-state index in [1.165, 1.54) is 0 Å². The van der Waals surface area contributed by atoms with Crippen molar-refractivity contribution in [1.82, 2.24) is 19.4 Å².